The zero-order valence-corrected chi connectivity index (χ0v) is 40.9. The minimum Gasteiger partial charge on any atom is -0.309 e. The van der Waals surface area contributed by atoms with Crippen LogP contribution in [0.2, 0.25) is 0 Å². The summed E-state index contributed by atoms with van der Waals surface area (Å²) >= 11 is 0. The van der Waals surface area contributed by atoms with Gasteiger partial charge in [-0.15, -0.1) is 0 Å². The molecule has 2 heterocycles. The molecule has 0 N–H and O–H groups in total. The van der Waals surface area contributed by atoms with Gasteiger partial charge in [-0.25, -0.2) is 0 Å². The van der Waals surface area contributed by atoms with E-state index in [-0.39, 0.29) is 0 Å². The Hall–Kier alpha value is -8.20. The first-order valence-electron chi connectivity index (χ1n) is 24.8. The summed E-state index contributed by atoms with van der Waals surface area (Å²) in [6.45, 7) is 13.1. The second kappa shape index (κ2) is 17.4. The smallest absolute Gasteiger partial charge is 0.0547 e. The maximum absolute atomic E-state index is 2.46. The number of nitrogens with zero attached hydrogens (tertiary/aromatic N) is 2. The zero-order chi connectivity index (χ0) is 47.6. The standard InChI is InChI=1S/C68H56N2/c1-43-10-20-51(21-11-43)53-24-32-61-63-34-27-56(41-67(63)69(65(61)39-53)57-28-12-44(2)13-29-57)60-31-19-50(38-48(60)6)16-15-49-17-22-52(23-18-49)54-25-33-62-64-35-26-55(59-30-14-46(4)36-47(59)5)42-68(64)70(66(62)40-54)58-9-7-8-45(3)37-58/h7-14,17-42H,15-16H2,1-6H3. The van der Waals surface area contributed by atoms with Crippen molar-refractivity contribution in [3.63, 3.8) is 0 Å². The average Bonchev–Trinajstić information content (AvgIpc) is 3.87. The molecule has 0 aliphatic rings. The van der Waals surface area contributed by atoms with E-state index in [1.807, 2.05) is 0 Å². The van der Waals surface area contributed by atoms with Crippen LogP contribution in [0.25, 0.3) is 99.5 Å². The molecule has 0 bridgehead atoms. The average molecular weight is 901 g/mol. The molecule has 2 nitrogen and oxygen atoms in total. The first-order chi connectivity index (χ1) is 34.1. The van der Waals surface area contributed by atoms with Gasteiger partial charge in [-0.05, 0) is 175 Å². The molecule has 0 spiro atoms. The fourth-order valence-electron chi connectivity index (χ4n) is 11.0. The summed E-state index contributed by atoms with van der Waals surface area (Å²) in [7, 11) is 0. The SMILES string of the molecule is Cc1ccc(-c2ccc3c4ccc(-c5ccc(CCc6ccc(-c7ccc8c9ccc(-c%10ccc(C)cc%10C)cc9n(-c9cccc(C)c9)c8c7)cc6)cc5C)cc4n(-c4ccc(C)cc4)c3c2)cc1. The van der Waals surface area contributed by atoms with Gasteiger partial charge < -0.3 is 9.13 Å². The Bertz CT molecular complexity index is 3970. The highest BCUT2D eigenvalue weighted by molar-refractivity contribution is 6.12. The molecule has 12 rings (SSSR count). The summed E-state index contributed by atoms with van der Waals surface area (Å²) < 4.78 is 4.91. The van der Waals surface area contributed by atoms with Crippen molar-refractivity contribution in [2.45, 2.75) is 54.4 Å². The molecule has 0 aliphatic carbocycles. The van der Waals surface area contributed by atoms with E-state index in [9.17, 15) is 0 Å². The van der Waals surface area contributed by atoms with E-state index in [4.69, 9.17) is 0 Å². The number of aryl methyl sites for hydroxylation is 8. The summed E-state index contributed by atoms with van der Waals surface area (Å²) in [6.07, 6.45) is 1.97. The zero-order valence-electron chi connectivity index (χ0n) is 40.9. The van der Waals surface area contributed by atoms with Crippen molar-refractivity contribution >= 4 is 43.6 Å². The molecule has 70 heavy (non-hydrogen) atoms. The van der Waals surface area contributed by atoms with Crippen molar-refractivity contribution in [1.82, 2.24) is 9.13 Å². The van der Waals surface area contributed by atoms with Crippen molar-refractivity contribution in [2.24, 2.45) is 0 Å². The Morgan fingerprint density at radius 1 is 0.271 bits per heavy atom. The van der Waals surface area contributed by atoms with Gasteiger partial charge in [-0.1, -0.05) is 174 Å². The topological polar surface area (TPSA) is 9.86 Å². The van der Waals surface area contributed by atoms with E-state index in [0.29, 0.717) is 0 Å². The Morgan fingerprint density at radius 3 is 1.20 bits per heavy atom. The van der Waals surface area contributed by atoms with Gasteiger partial charge in [0.2, 0.25) is 0 Å². The Kier molecular flexibility index (Phi) is 10.7. The Balaban J connectivity index is 0.820. The number of fused-ring (bicyclic) bond motifs is 6. The van der Waals surface area contributed by atoms with Crippen LogP contribution in [0.15, 0.2) is 206 Å². The molecule has 0 atom stereocenters. The number of aromatic nitrogens is 2. The lowest BCUT2D eigenvalue weighted by molar-refractivity contribution is 0.958. The molecule has 12 aromatic rings. The van der Waals surface area contributed by atoms with Crippen LogP contribution in [0, 0.1) is 41.5 Å². The molecule has 0 unspecified atom stereocenters. The van der Waals surface area contributed by atoms with E-state index >= 15 is 0 Å². The Labute approximate surface area is 411 Å². The van der Waals surface area contributed by atoms with Gasteiger partial charge >= 0.3 is 0 Å². The summed E-state index contributed by atoms with van der Waals surface area (Å²) in [5.41, 5.74) is 27.6. The van der Waals surface area contributed by atoms with Gasteiger partial charge in [0.1, 0.15) is 0 Å². The molecule has 0 aliphatic heterocycles. The lowest BCUT2D eigenvalue weighted by atomic mass is 9.95. The third kappa shape index (κ3) is 7.80. The highest BCUT2D eigenvalue weighted by Gasteiger charge is 2.18. The third-order valence-corrected chi connectivity index (χ3v) is 14.8. The van der Waals surface area contributed by atoms with Crippen LogP contribution in [0.4, 0.5) is 0 Å². The van der Waals surface area contributed by atoms with Crippen LogP contribution in [-0.4, -0.2) is 9.13 Å². The monoisotopic (exact) mass is 900 g/mol. The maximum atomic E-state index is 2.46. The lowest BCUT2D eigenvalue weighted by Crippen LogP contribution is -1.95. The molecular weight excluding hydrogens is 845 g/mol. The second-order valence-electron chi connectivity index (χ2n) is 19.8. The molecule has 0 radical (unpaired) electrons. The summed E-state index contributed by atoms with van der Waals surface area (Å²) in [5.74, 6) is 0. The minimum atomic E-state index is 0.982. The molecular formula is C68H56N2. The quantitative estimate of drug-likeness (QED) is 0.137. The van der Waals surface area contributed by atoms with E-state index < -0.39 is 0 Å². The molecule has 2 heteroatoms. The minimum absolute atomic E-state index is 0.982. The van der Waals surface area contributed by atoms with Crippen molar-refractivity contribution in [2.75, 3.05) is 0 Å². The maximum Gasteiger partial charge on any atom is 0.0547 e. The molecule has 0 fully saturated rings. The van der Waals surface area contributed by atoms with Gasteiger partial charge in [0.15, 0.2) is 0 Å². The van der Waals surface area contributed by atoms with Gasteiger partial charge in [0, 0.05) is 32.9 Å². The van der Waals surface area contributed by atoms with Crippen molar-refractivity contribution in [3.05, 3.63) is 251 Å². The normalized spacial score (nSPS) is 11.7. The molecule has 338 valence electrons. The molecule has 2 aromatic heterocycles. The largest absolute Gasteiger partial charge is 0.309 e. The van der Waals surface area contributed by atoms with Gasteiger partial charge in [-0.3, -0.25) is 0 Å². The number of hydrogen-bond donors (Lipinski definition) is 0. The van der Waals surface area contributed by atoms with E-state index in [0.717, 1.165) is 12.8 Å². The third-order valence-electron chi connectivity index (χ3n) is 14.8. The molecule has 0 saturated carbocycles. The van der Waals surface area contributed by atoms with Crippen molar-refractivity contribution < 1.29 is 0 Å². The van der Waals surface area contributed by atoms with E-state index in [1.54, 1.807) is 0 Å². The summed E-state index contributed by atoms with van der Waals surface area (Å²) in [4.78, 5) is 0. The fraction of sp³-hybridized carbons (Fsp3) is 0.118. The van der Waals surface area contributed by atoms with Gasteiger partial charge in [0.25, 0.3) is 0 Å². The number of hydrogen-bond acceptors (Lipinski definition) is 0. The number of benzene rings is 10. The predicted molar refractivity (Wildman–Crippen MR) is 299 cm³/mol. The molecule has 0 amide bonds. The Morgan fingerprint density at radius 2 is 0.671 bits per heavy atom. The predicted octanol–water partition coefficient (Wildman–Crippen LogP) is 18.2. The van der Waals surface area contributed by atoms with Crippen molar-refractivity contribution in [3.8, 4) is 55.9 Å². The second-order valence-corrected chi connectivity index (χ2v) is 19.8. The lowest BCUT2D eigenvalue weighted by Gasteiger charge is -2.12. The van der Waals surface area contributed by atoms with Gasteiger partial charge in [-0.2, -0.15) is 0 Å². The van der Waals surface area contributed by atoms with E-state index in [2.05, 4.69) is 257 Å². The van der Waals surface area contributed by atoms with Crippen LogP contribution in [-0.2, 0) is 12.8 Å². The summed E-state index contributed by atoms with van der Waals surface area (Å²) in [6, 6.07) is 77.7. The molecule has 0 saturated heterocycles. The van der Waals surface area contributed by atoms with Crippen molar-refractivity contribution in [1.29, 1.82) is 0 Å². The van der Waals surface area contributed by atoms with Crippen LogP contribution < -0.4 is 0 Å². The van der Waals surface area contributed by atoms with Crippen LogP contribution in [0.1, 0.15) is 44.5 Å². The summed E-state index contributed by atoms with van der Waals surface area (Å²) in [5, 5.41) is 5.07. The highest BCUT2D eigenvalue weighted by Crippen LogP contribution is 2.40. The van der Waals surface area contributed by atoms with E-state index in [1.165, 1.54) is 144 Å². The van der Waals surface area contributed by atoms with Crippen LogP contribution in [0.3, 0.4) is 0 Å². The number of rotatable bonds is 9. The first kappa shape index (κ1) is 43.1. The highest BCUT2D eigenvalue weighted by atomic mass is 15.0. The van der Waals surface area contributed by atoms with Crippen LogP contribution in [0.5, 0.6) is 0 Å². The first-order valence-corrected chi connectivity index (χ1v) is 24.8. The van der Waals surface area contributed by atoms with Gasteiger partial charge in [0.05, 0.1) is 22.1 Å². The van der Waals surface area contributed by atoms with Crippen LogP contribution >= 0.6 is 0 Å². The molecule has 10 aromatic carbocycles. The fourth-order valence-corrected chi connectivity index (χ4v) is 11.0.